The van der Waals surface area contributed by atoms with Crippen LogP contribution < -0.4 is 0 Å². The number of nitrogens with zero attached hydrogens (tertiary/aromatic N) is 5. The zero-order valence-electron chi connectivity index (χ0n) is 12.1. The maximum atomic E-state index is 6.29. The first-order valence-electron chi connectivity index (χ1n) is 7.02. The Kier molecular flexibility index (Phi) is 3.59. The molecule has 4 aromatic heterocycles. The van der Waals surface area contributed by atoms with Gasteiger partial charge in [0.15, 0.2) is 10.8 Å². The average molecular weight is 343 g/mol. The zero-order valence-corrected chi connectivity index (χ0v) is 13.7. The number of pyridine rings is 1. The van der Waals surface area contributed by atoms with Crippen LogP contribution in [-0.2, 0) is 6.42 Å². The SMILES string of the molecule is CCc1[nH]c2nc(Sc3cnc4nccnc4c3)ncc2c1Cl. The first kappa shape index (κ1) is 14.3. The van der Waals surface area contributed by atoms with E-state index in [0.29, 0.717) is 15.8 Å². The Morgan fingerprint density at radius 3 is 2.87 bits per heavy atom. The number of aromatic amines is 1. The molecule has 0 fully saturated rings. The summed E-state index contributed by atoms with van der Waals surface area (Å²) in [6.07, 6.45) is 7.59. The summed E-state index contributed by atoms with van der Waals surface area (Å²) in [7, 11) is 0. The third kappa shape index (κ3) is 2.62. The molecule has 0 saturated carbocycles. The predicted octanol–water partition coefficient (Wildman–Crippen LogP) is 3.66. The van der Waals surface area contributed by atoms with E-state index in [4.69, 9.17) is 11.6 Å². The number of hydrogen-bond acceptors (Lipinski definition) is 6. The van der Waals surface area contributed by atoms with Gasteiger partial charge in [0.2, 0.25) is 0 Å². The highest BCUT2D eigenvalue weighted by molar-refractivity contribution is 7.99. The molecule has 0 atom stereocenters. The Bertz CT molecular complexity index is 1020. The monoisotopic (exact) mass is 342 g/mol. The van der Waals surface area contributed by atoms with Crippen LogP contribution in [0.25, 0.3) is 22.2 Å². The van der Waals surface area contributed by atoms with Gasteiger partial charge in [-0.3, -0.25) is 4.98 Å². The third-order valence-corrected chi connectivity index (χ3v) is 4.67. The fourth-order valence-electron chi connectivity index (χ4n) is 2.28. The number of nitrogens with one attached hydrogen (secondary N) is 1. The van der Waals surface area contributed by atoms with E-state index in [0.717, 1.165) is 33.6 Å². The van der Waals surface area contributed by atoms with Crippen LogP contribution in [0.3, 0.4) is 0 Å². The van der Waals surface area contributed by atoms with Crippen molar-refractivity contribution in [1.29, 1.82) is 0 Å². The second-order valence-electron chi connectivity index (χ2n) is 4.86. The van der Waals surface area contributed by atoms with Crippen LogP contribution in [-0.4, -0.2) is 29.9 Å². The number of hydrogen-bond donors (Lipinski definition) is 1. The van der Waals surface area contributed by atoms with Crippen molar-refractivity contribution < 1.29 is 0 Å². The van der Waals surface area contributed by atoms with E-state index >= 15 is 0 Å². The lowest BCUT2D eigenvalue weighted by Crippen LogP contribution is -1.89. The first-order valence-corrected chi connectivity index (χ1v) is 8.21. The molecule has 0 aliphatic rings. The van der Waals surface area contributed by atoms with E-state index in [1.807, 2.05) is 13.0 Å². The van der Waals surface area contributed by atoms with Gasteiger partial charge in [-0.05, 0) is 24.2 Å². The maximum Gasteiger partial charge on any atom is 0.194 e. The summed E-state index contributed by atoms with van der Waals surface area (Å²) in [5.41, 5.74) is 3.09. The number of rotatable bonds is 3. The van der Waals surface area contributed by atoms with E-state index in [1.54, 1.807) is 24.8 Å². The third-order valence-electron chi connectivity index (χ3n) is 3.40. The fraction of sp³-hybridized carbons (Fsp3) is 0.133. The van der Waals surface area contributed by atoms with Crippen molar-refractivity contribution in [2.24, 2.45) is 0 Å². The van der Waals surface area contributed by atoms with Gasteiger partial charge in [0.05, 0.1) is 10.4 Å². The summed E-state index contributed by atoms with van der Waals surface area (Å²) in [6, 6.07) is 1.92. The van der Waals surface area contributed by atoms with Crippen LogP contribution >= 0.6 is 23.4 Å². The van der Waals surface area contributed by atoms with E-state index in [1.165, 1.54) is 11.8 Å². The standard InChI is InChI=1S/C15H11ClN6S/c1-2-10-12(16)9-7-20-15(22-13(9)21-10)23-8-5-11-14(19-6-8)18-4-3-17-11/h3-7H,2H2,1H3,(H,20,21,22). The van der Waals surface area contributed by atoms with Crippen molar-refractivity contribution in [3.63, 3.8) is 0 Å². The van der Waals surface area contributed by atoms with E-state index in [2.05, 4.69) is 29.9 Å². The Hall–Kier alpha value is -2.25. The largest absolute Gasteiger partial charge is 0.342 e. The van der Waals surface area contributed by atoms with Crippen LogP contribution in [0.5, 0.6) is 0 Å². The Morgan fingerprint density at radius 1 is 1.13 bits per heavy atom. The Labute approximate surface area is 140 Å². The molecule has 0 aromatic carbocycles. The minimum atomic E-state index is 0.622. The quantitative estimate of drug-likeness (QED) is 0.572. The number of aromatic nitrogens is 6. The van der Waals surface area contributed by atoms with E-state index < -0.39 is 0 Å². The molecule has 4 aromatic rings. The van der Waals surface area contributed by atoms with Crippen molar-refractivity contribution in [3.05, 3.63) is 41.6 Å². The average Bonchev–Trinajstić information content (AvgIpc) is 2.90. The zero-order chi connectivity index (χ0) is 15.8. The van der Waals surface area contributed by atoms with Crippen LogP contribution in [0, 0.1) is 0 Å². The first-order chi connectivity index (χ1) is 11.2. The van der Waals surface area contributed by atoms with Gasteiger partial charge in [0.25, 0.3) is 0 Å². The fourth-order valence-corrected chi connectivity index (χ4v) is 3.32. The number of fused-ring (bicyclic) bond motifs is 2. The molecule has 0 aliphatic heterocycles. The maximum absolute atomic E-state index is 6.29. The van der Waals surface area contributed by atoms with Gasteiger partial charge in [-0.25, -0.2) is 19.9 Å². The molecular weight excluding hydrogens is 332 g/mol. The van der Waals surface area contributed by atoms with E-state index in [9.17, 15) is 0 Å². The second kappa shape index (κ2) is 5.75. The minimum absolute atomic E-state index is 0.622. The molecule has 0 bridgehead atoms. The lowest BCUT2D eigenvalue weighted by Gasteiger charge is -2.01. The smallest absolute Gasteiger partial charge is 0.194 e. The van der Waals surface area contributed by atoms with Crippen LogP contribution in [0.15, 0.2) is 40.9 Å². The molecule has 0 unspecified atom stereocenters. The summed E-state index contributed by atoms with van der Waals surface area (Å²) in [6.45, 7) is 2.04. The molecule has 0 amide bonds. The van der Waals surface area contributed by atoms with Gasteiger partial charge >= 0.3 is 0 Å². The normalized spacial score (nSPS) is 11.4. The lowest BCUT2D eigenvalue weighted by atomic mass is 10.3. The number of aryl methyl sites for hydroxylation is 1. The Morgan fingerprint density at radius 2 is 2.00 bits per heavy atom. The molecule has 8 heteroatoms. The van der Waals surface area contributed by atoms with Gasteiger partial charge < -0.3 is 4.98 Å². The van der Waals surface area contributed by atoms with Crippen molar-refractivity contribution >= 4 is 45.6 Å². The van der Waals surface area contributed by atoms with E-state index in [-0.39, 0.29) is 0 Å². The van der Waals surface area contributed by atoms with Gasteiger partial charge in [0, 0.05) is 35.4 Å². The molecule has 0 spiro atoms. The molecule has 23 heavy (non-hydrogen) atoms. The summed E-state index contributed by atoms with van der Waals surface area (Å²) in [5, 5.41) is 2.17. The van der Waals surface area contributed by atoms with Crippen molar-refractivity contribution in [2.75, 3.05) is 0 Å². The van der Waals surface area contributed by atoms with Crippen molar-refractivity contribution in [2.45, 2.75) is 23.4 Å². The highest BCUT2D eigenvalue weighted by Crippen LogP contribution is 2.30. The lowest BCUT2D eigenvalue weighted by molar-refractivity contribution is 0.985. The molecule has 6 nitrogen and oxygen atoms in total. The topological polar surface area (TPSA) is 80.2 Å². The molecule has 1 N–H and O–H groups in total. The van der Waals surface area contributed by atoms with Crippen LogP contribution in [0.4, 0.5) is 0 Å². The molecule has 4 heterocycles. The second-order valence-corrected chi connectivity index (χ2v) is 6.28. The van der Waals surface area contributed by atoms with Crippen LogP contribution in [0.1, 0.15) is 12.6 Å². The molecule has 0 saturated heterocycles. The molecule has 4 rings (SSSR count). The molecular formula is C15H11ClN6S. The number of H-pyrrole nitrogens is 1. The Balaban J connectivity index is 1.70. The van der Waals surface area contributed by atoms with Crippen LogP contribution in [0.2, 0.25) is 5.02 Å². The summed E-state index contributed by atoms with van der Waals surface area (Å²) in [4.78, 5) is 25.8. The number of halogens is 1. The molecule has 114 valence electrons. The summed E-state index contributed by atoms with van der Waals surface area (Å²) in [5.74, 6) is 0. The highest BCUT2D eigenvalue weighted by atomic mass is 35.5. The molecule has 0 aliphatic carbocycles. The van der Waals surface area contributed by atoms with Crippen molar-refractivity contribution in [1.82, 2.24) is 29.9 Å². The summed E-state index contributed by atoms with van der Waals surface area (Å²) >= 11 is 7.72. The van der Waals surface area contributed by atoms with Gasteiger partial charge in [-0.2, -0.15) is 0 Å². The highest BCUT2D eigenvalue weighted by Gasteiger charge is 2.11. The van der Waals surface area contributed by atoms with Crippen molar-refractivity contribution in [3.8, 4) is 0 Å². The summed E-state index contributed by atoms with van der Waals surface area (Å²) < 4.78 is 0. The van der Waals surface area contributed by atoms with Gasteiger partial charge in [0.1, 0.15) is 11.2 Å². The molecule has 0 radical (unpaired) electrons. The predicted molar refractivity (Wildman–Crippen MR) is 89.7 cm³/mol. The minimum Gasteiger partial charge on any atom is -0.342 e. The van der Waals surface area contributed by atoms with Gasteiger partial charge in [-0.1, -0.05) is 18.5 Å². The van der Waals surface area contributed by atoms with Gasteiger partial charge in [-0.15, -0.1) is 0 Å².